The maximum absolute atomic E-state index is 14.4. The molecule has 140 valence electrons. The van der Waals surface area contributed by atoms with Gasteiger partial charge >= 0.3 is 0 Å². The lowest BCUT2D eigenvalue weighted by atomic mass is 10.1. The first-order chi connectivity index (χ1) is 13.2. The number of halogens is 1. The Labute approximate surface area is 158 Å². The largest absolute Gasteiger partial charge is 0.485 e. The first-order valence-electron chi connectivity index (χ1n) is 8.72. The number of aliphatic hydroxyl groups is 1. The van der Waals surface area contributed by atoms with Crippen molar-refractivity contribution in [1.29, 1.82) is 0 Å². The van der Waals surface area contributed by atoms with Gasteiger partial charge in [-0.2, -0.15) is 0 Å². The van der Waals surface area contributed by atoms with Crippen molar-refractivity contribution < 1.29 is 19.0 Å². The molecule has 3 aromatic carbocycles. The Bertz CT molecular complexity index is 856. The normalized spacial score (nSPS) is 11.8. The third kappa shape index (κ3) is 5.06. The fraction of sp³-hybridized carbons (Fsp3) is 0.182. The highest BCUT2D eigenvalue weighted by molar-refractivity contribution is 5.45. The van der Waals surface area contributed by atoms with Gasteiger partial charge < -0.3 is 20.3 Å². The predicted octanol–water partition coefficient (Wildman–Crippen LogP) is 3.98. The first kappa shape index (κ1) is 18.9. The summed E-state index contributed by atoms with van der Waals surface area (Å²) in [6, 6.07) is 21.9. The molecule has 1 unspecified atom stereocenters. The minimum Gasteiger partial charge on any atom is -0.485 e. The van der Waals surface area contributed by atoms with Gasteiger partial charge in [-0.1, -0.05) is 60.7 Å². The van der Waals surface area contributed by atoms with Crippen LogP contribution < -0.4 is 15.2 Å². The van der Waals surface area contributed by atoms with Gasteiger partial charge in [0, 0.05) is 18.2 Å². The molecule has 0 aliphatic carbocycles. The molecule has 3 rings (SSSR count). The van der Waals surface area contributed by atoms with E-state index in [-0.39, 0.29) is 24.5 Å². The number of aliphatic hydroxyl groups excluding tert-OH is 1. The molecule has 0 aliphatic rings. The molecular weight excluding hydrogens is 345 g/mol. The Morgan fingerprint density at radius 2 is 1.30 bits per heavy atom. The molecule has 0 bridgehead atoms. The SMILES string of the molecule is NCC(O)c1cc(OCc2ccccc2)c(OCc2ccccc2)cc1F. The average molecular weight is 367 g/mol. The lowest BCUT2D eigenvalue weighted by Crippen LogP contribution is -2.13. The number of benzene rings is 3. The summed E-state index contributed by atoms with van der Waals surface area (Å²) in [4.78, 5) is 0. The van der Waals surface area contributed by atoms with Gasteiger partial charge in [0.25, 0.3) is 0 Å². The summed E-state index contributed by atoms with van der Waals surface area (Å²) < 4.78 is 26.0. The molecule has 0 fully saturated rings. The fourth-order valence-corrected chi connectivity index (χ4v) is 2.63. The Morgan fingerprint density at radius 3 is 1.78 bits per heavy atom. The molecule has 0 saturated heterocycles. The van der Waals surface area contributed by atoms with E-state index in [1.807, 2.05) is 60.7 Å². The fourth-order valence-electron chi connectivity index (χ4n) is 2.63. The minimum atomic E-state index is -1.10. The van der Waals surface area contributed by atoms with Gasteiger partial charge in [-0.25, -0.2) is 4.39 Å². The maximum Gasteiger partial charge on any atom is 0.164 e. The Hall–Kier alpha value is -2.89. The highest BCUT2D eigenvalue weighted by atomic mass is 19.1. The molecule has 3 N–H and O–H groups in total. The predicted molar refractivity (Wildman–Crippen MR) is 102 cm³/mol. The van der Waals surface area contributed by atoms with Crippen molar-refractivity contribution in [1.82, 2.24) is 0 Å². The lowest BCUT2D eigenvalue weighted by molar-refractivity contribution is 0.180. The van der Waals surface area contributed by atoms with E-state index in [1.54, 1.807) is 0 Å². The second kappa shape index (κ2) is 9.16. The molecule has 3 aromatic rings. The highest BCUT2D eigenvalue weighted by Gasteiger charge is 2.17. The maximum atomic E-state index is 14.4. The van der Waals surface area contributed by atoms with E-state index in [2.05, 4.69) is 0 Å². The van der Waals surface area contributed by atoms with Gasteiger partial charge in [0.15, 0.2) is 11.5 Å². The van der Waals surface area contributed by atoms with Crippen LogP contribution in [0.15, 0.2) is 72.8 Å². The monoisotopic (exact) mass is 367 g/mol. The van der Waals surface area contributed by atoms with E-state index < -0.39 is 11.9 Å². The van der Waals surface area contributed by atoms with Crippen LogP contribution in [0.5, 0.6) is 11.5 Å². The minimum absolute atomic E-state index is 0.0841. The van der Waals surface area contributed by atoms with Gasteiger partial charge in [0.2, 0.25) is 0 Å². The molecule has 4 nitrogen and oxygen atoms in total. The van der Waals surface area contributed by atoms with Crippen molar-refractivity contribution in [2.75, 3.05) is 6.54 Å². The van der Waals surface area contributed by atoms with E-state index in [0.717, 1.165) is 11.1 Å². The van der Waals surface area contributed by atoms with Crippen LogP contribution in [0.25, 0.3) is 0 Å². The quantitative estimate of drug-likeness (QED) is 0.632. The Kier molecular flexibility index (Phi) is 6.41. The summed E-state index contributed by atoms with van der Waals surface area (Å²) in [6.45, 7) is 0.492. The van der Waals surface area contributed by atoms with Crippen LogP contribution in [0.3, 0.4) is 0 Å². The summed E-state index contributed by atoms with van der Waals surface area (Å²) in [5.41, 5.74) is 7.49. The van der Waals surface area contributed by atoms with Crippen LogP contribution in [0, 0.1) is 5.82 Å². The van der Waals surface area contributed by atoms with Crippen molar-refractivity contribution >= 4 is 0 Å². The van der Waals surface area contributed by atoms with E-state index >= 15 is 0 Å². The molecule has 0 radical (unpaired) electrons. The number of rotatable bonds is 8. The zero-order chi connectivity index (χ0) is 19.1. The van der Waals surface area contributed by atoms with Crippen LogP contribution in [-0.2, 0) is 13.2 Å². The first-order valence-corrected chi connectivity index (χ1v) is 8.72. The molecule has 0 heterocycles. The standard InChI is InChI=1S/C22H22FNO3/c23-19-12-22(27-15-17-9-5-2-6-10-17)21(11-18(19)20(25)13-24)26-14-16-7-3-1-4-8-16/h1-12,20,25H,13-15,24H2. The highest BCUT2D eigenvalue weighted by Crippen LogP contribution is 2.34. The second-order valence-electron chi connectivity index (χ2n) is 6.12. The van der Waals surface area contributed by atoms with E-state index in [0.29, 0.717) is 12.4 Å². The summed E-state index contributed by atoms with van der Waals surface area (Å²) in [6.07, 6.45) is -1.10. The van der Waals surface area contributed by atoms with Crippen molar-refractivity contribution in [3.63, 3.8) is 0 Å². The third-order valence-corrected chi connectivity index (χ3v) is 4.12. The molecule has 0 aromatic heterocycles. The summed E-state index contributed by atoms with van der Waals surface area (Å²) in [7, 11) is 0. The number of ether oxygens (including phenoxy) is 2. The van der Waals surface area contributed by atoms with Crippen molar-refractivity contribution in [2.45, 2.75) is 19.3 Å². The lowest BCUT2D eigenvalue weighted by Gasteiger charge is -2.17. The Morgan fingerprint density at radius 1 is 0.815 bits per heavy atom. The topological polar surface area (TPSA) is 64.7 Å². The molecule has 5 heteroatoms. The van der Waals surface area contributed by atoms with Gasteiger partial charge in [0.1, 0.15) is 19.0 Å². The van der Waals surface area contributed by atoms with E-state index in [4.69, 9.17) is 15.2 Å². The van der Waals surface area contributed by atoms with Gasteiger partial charge in [-0.15, -0.1) is 0 Å². The number of hydrogen-bond acceptors (Lipinski definition) is 4. The Balaban J connectivity index is 1.83. The number of hydrogen-bond donors (Lipinski definition) is 2. The van der Waals surface area contributed by atoms with Crippen LogP contribution in [0.2, 0.25) is 0 Å². The second-order valence-corrected chi connectivity index (χ2v) is 6.12. The molecule has 27 heavy (non-hydrogen) atoms. The molecule has 0 aliphatic heterocycles. The zero-order valence-electron chi connectivity index (χ0n) is 14.8. The molecular formula is C22H22FNO3. The van der Waals surface area contributed by atoms with Crippen LogP contribution in [-0.4, -0.2) is 11.7 Å². The average Bonchev–Trinajstić information content (AvgIpc) is 2.72. The van der Waals surface area contributed by atoms with Crippen molar-refractivity contribution in [2.24, 2.45) is 5.73 Å². The van der Waals surface area contributed by atoms with E-state index in [1.165, 1.54) is 12.1 Å². The van der Waals surface area contributed by atoms with Gasteiger partial charge in [0.05, 0.1) is 6.10 Å². The van der Waals surface area contributed by atoms with Crippen LogP contribution >= 0.6 is 0 Å². The molecule has 0 spiro atoms. The van der Waals surface area contributed by atoms with Crippen molar-refractivity contribution in [3.05, 3.63) is 95.3 Å². The summed E-state index contributed by atoms with van der Waals surface area (Å²) in [5, 5.41) is 9.96. The molecule has 0 amide bonds. The number of nitrogens with two attached hydrogens (primary N) is 1. The van der Waals surface area contributed by atoms with Crippen LogP contribution in [0.4, 0.5) is 4.39 Å². The smallest absolute Gasteiger partial charge is 0.164 e. The third-order valence-electron chi connectivity index (χ3n) is 4.12. The summed E-state index contributed by atoms with van der Waals surface area (Å²) >= 11 is 0. The van der Waals surface area contributed by atoms with Gasteiger partial charge in [-0.3, -0.25) is 0 Å². The molecule has 0 saturated carbocycles. The van der Waals surface area contributed by atoms with E-state index in [9.17, 15) is 9.50 Å². The van der Waals surface area contributed by atoms with Gasteiger partial charge in [-0.05, 0) is 17.2 Å². The van der Waals surface area contributed by atoms with Crippen molar-refractivity contribution in [3.8, 4) is 11.5 Å². The summed E-state index contributed by atoms with van der Waals surface area (Å²) in [5.74, 6) is 0.0574. The van der Waals surface area contributed by atoms with Crippen LogP contribution in [0.1, 0.15) is 22.8 Å². The molecule has 1 atom stereocenters. The zero-order valence-corrected chi connectivity index (χ0v) is 14.8.